The molecule has 0 radical (unpaired) electrons. The zero-order valence-corrected chi connectivity index (χ0v) is 13.1. The van der Waals surface area contributed by atoms with Gasteiger partial charge < -0.3 is 10.1 Å². The quantitative estimate of drug-likeness (QED) is 0.774. The summed E-state index contributed by atoms with van der Waals surface area (Å²) in [6.45, 7) is 3.51. The molecule has 0 unspecified atom stereocenters. The topological polar surface area (TPSA) is 38.3 Å². The summed E-state index contributed by atoms with van der Waals surface area (Å²) < 4.78 is 5.63. The summed E-state index contributed by atoms with van der Waals surface area (Å²) in [5.74, 6) is 1.74. The van der Waals surface area contributed by atoms with Gasteiger partial charge in [-0.15, -0.1) is 0 Å². The number of benzene rings is 1. The molecular weight excluding hydrogens is 262 g/mol. The molecule has 116 valence electrons. The maximum absolute atomic E-state index is 11.8. The first-order valence-electron chi connectivity index (χ1n) is 8.20. The molecule has 2 rings (SSSR count). The summed E-state index contributed by atoms with van der Waals surface area (Å²) in [5, 5.41) is 3.06. The van der Waals surface area contributed by atoms with Crippen LogP contribution >= 0.6 is 0 Å². The standard InChI is InChI=1S/C18H27NO2/c1-15-9-11-17(12-10-15)21-13-5-8-18(20)19-14-16-6-3-2-4-7-16/h9-12,16H,2-8,13-14H2,1H3,(H,19,20). The lowest BCUT2D eigenvalue weighted by Crippen LogP contribution is -2.30. The maximum atomic E-state index is 11.8. The first-order chi connectivity index (χ1) is 10.2. The largest absolute Gasteiger partial charge is 0.494 e. The predicted octanol–water partition coefficient (Wildman–Crippen LogP) is 3.85. The summed E-state index contributed by atoms with van der Waals surface area (Å²) in [6, 6.07) is 8.01. The highest BCUT2D eigenvalue weighted by Crippen LogP contribution is 2.22. The Morgan fingerprint density at radius 3 is 2.62 bits per heavy atom. The normalized spacial score (nSPS) is 15.7. The third kappa shape index (κ3) is 6.19. The third-order valence-electron chi connectivity index (χ3n) is 4.15. The van der Waals surface area contributed by atoms with E-state index in [1.54, 1.807) is 0 Å². The van der Waals surface area contributed by atoms with Crippen LogP contribution in [0.4, 0.5) is 0 Å². The first kappa shape index (κ1) is 15.9. The average Bonchev–Trinajstić information content (AvgIpc) is 2.52. The molecule has 3 heteroatoms. The number of amides is 1. The van der Waals surface area contributed by atoms with E-state index < -0.39 is 0 Å². The van der Waals surface area contributed by atoms with Crippen LogP contribution in [0.2, 0.25) is 0 Å². The van der Waals surface area contributed by atoms with Gasteiger partial charge in [-0.3, -0.25) is 4.79 Å². The molecule has 1 N–H and O–H groups in total. The van der Waals surface area contributed by atoms with Crippen LogP contribution in [0.25, 0.3) is 0 Å². The van der Waals surface area contributed by atoms with E-state index in [1.807, 2.05) is 24.3 Å². The van der Waals surface area contributed by atoms with Crippen molar-refractivity contribution in [2.75, 3.05) is 13.2 Å². The Morgan fingerprint density at radius 2 is 1.90 bits per heavy atom. The Kier molecular flexibility index (Phi) is 6.58. The van der Waals surface area contributed by atoms with Crippen molar-refractivity contribution in [3.63, 3.8) is 0 Å². The zero-order valence-electron chi connectivity index (χ0n) is 13.1. The molecule has 1 aromatic rings. The fourth-order valence-corrected chi connectivity index (χ4v) is 2.80. The van der Waals surface area contributed by atoms with Crippen LogP contribution in [0.1, 0.15) is 50.5 Å². The highest BCUT2D eigenvalue weighted by molar-refractivity contribution is 5.75. The number of hydrogen-bond donors (Lipinski definition) is 1. The van der Waals surface area contributed by atoms with E-state index >= 15 is 0 Å². The molecule has 0 saturated heterocycles. The minimum atomic E-state index is 0.160. The Morgan fingerprint density at radius 1 is 1.19 bits per heavy atom. The van der Waals surface area contributed by atoms with Gasteiger partial charge in [0.25, 0.3) is 0 Å². The van der Waals surface area contributed by atoms with Crippen molar-refractivity contribution in [1.82, 2.24) is 5.32 Å². The average molecular weight is 289 g/mol. The van der Waals surface area contributed by atoms with Gasteiger partial charge in [0.1, 0.15) is 5.75 Å². The van der Waals surface area contributed by atoms with Crippen molar-refractivity contribution in [1.29, 1.82) is 0 Å². The third-order valence-corrected chi connectivity index (χ3v) is 4.15. The van der Waals surface area contributed by atoms with Gasteiger partial charge in [0.15, 0.2) is 0 Å². The number of nitrogens with one attached hydrogen (secondary N) is 1. The number of hydrogen-bond acceptors (Lipinski definition) is 2. The Bertz CT molecular complexity index is 421. The van der Waals surface area contributed by atoms with Crippen molar-refractivity contribution < 1.29 is 9.53 Å². The van der Waals surface area contributed by atoms with E-state index in [2.05, 4.69) is 12.2 Å². The summed E-state index contributed by atoms with van der Waals surface area (Å²) in [5.41, 5.74) is 1.23. The van der Waals surface area contributed by atoms with Crippen molar-refractivity contribution in [3.05, 3.63) is 29.8 Å². The molecule has 1 aliphatic rings. The molecule has 0 bridgehead atoms. The highest BCUT2D eigenvalue weighted by atomic mass is 16.5. The fraction of sp³-hybridized carbons (Fsp3) is 0.611. The van der Waals surface area contributed by atoms with Gasteiger partial charge in [-0.2, -0.15) is 0 Å². The highest BCUT2D eigenvalue weighted by Gasteiger charge is 2.13. The van der Waals surface area contributed by atoms with E-state index in [0.717, 1.165) is 18.7 Å². The van der Waals surface area contributed by atoms with E-state index in [1.165, 1.54) is 37.7 Å². The lowest BCUT2D eigenvalue weighted by molar-refractivity contribution is -0.121. The number of carbonyl (C=O) groups is 1. The molecule has 0 aromatic heterocycles. The van der Waals surface area contributed by atoms with Gasteiger partial charge >= 0.3 is 0 Å². The van der Waals surface area contributed by atoms with Gasteiger partial charge in [-0.25, -0.2) is 0 Å². The van der Waals surface area contributed by atoms with Crippen LogP contribution in [-0.2, 0) is 4.79 Å². The van der Waals surface area contributed by atoms with Gasteiger partial charge in [-0.05, 0) is 44.2 Å². The lowest BCUT2D eigenvalue weighted by atomic mass is 9.89. The summed E-state index contributed by atoms with van der Waals surface area (Å²) in [6.07, 6.45) is 7.88. The number of ether oxygens (including phenoxy) is 1. The van der Waals surface area contributed by atoms with Gasteiger partial charge in [0, 0.05) is 13.0 Å². The second-order valence-corrected chi connectivity index (χ2v) is 6.07. The van der Waals surface area contributed by atoms with Crippen molar-refractivity contribution >= 4 is 5.91 Å². The fourth-order valence-electron chi connectivity index (χ4n) is 2.80. The number of aryl methyl sites for hydroxylation is 1. The SMILES string of the molecule is Cc1ccc(OCCCC(=O)NCC2CCCCC2)cc1. The van der Waals surface area contributed by atoms with Crippen molar-refractivity contribution in [3.8, 4) is 5.75 Å². The summed E-state index contributed by atoms with van der Waals surface area (Å²) in [4.78, 5) is 11.8. The van der Waals surface area contributed by atoms with E-state index in [-0.39, 0.29) is 5.91 Å². The van der Waals surface area contributed by atoms with Crippen molar-refractivity contribution in [2.24, 2.45) is 5.92 Å². The van der Waals surface area contributed by atoms with Crippen LogP contribution in [0.3, 0.4) is 0 Å². The Labute approximate surface area is 128 Å². The van der Waals surface area contributed by atoms with E-state index in [4.69, 9.17) is 4.74 Å². The molecule has 0 aliphatic heterocycles. The van der Waals surface area contributed by atoms with E-state index in [0.29, 0.717) is 18.9 Å². The maximum Gasteiger partial charge on any atom is 0.220 e. The van der Waals surface area contributed by atoms with Gasteiger partial charge in [0.2, 0.25) is 5.91 Å². The molecule has 1 aliphatic carbocycles. The second kappa shape index (κ2) is 8.71. The summed E-state index contributed by atoms with van der Waals surface area (Å²) in [7, 11) is 0. The monoisotopic (exact) mass is 289 g/mol. The van der Waals surface area contributed by atoms with Gasteiger partial charge in [0.05, 0.1) is 6.61 Å². The van der Waals surface area contributed by atoms with Crippen LogP contribution in [-0.4, -0.2) is 19.1 Å². The Balaban J connectivity index is 1.53. The molecular formula is C18H27NO2. The van der Waals surface area contributed by atoms with Crippen LogP contribution in [0, 0.1) is 12.8 Å². The first-order valence-corrected chi connectivity index (χ1v) is 8.20. The predicted molar refractivity (Wildman–Crippen MR) is 85.5 cm³/mol. The molecule has 0 spiro atoms. The number of carbonyl (C=O) groups excluding carboxylic acids is 1. The lowest BCUT2D eigenvalue weighted by Gasteiger charge is -2.21. The Hall–Kier alpha value is -1.51. The van der Waals surface area contributed by atoms with Crippen LogP contribution in [0.15, 0.2) is 24.3 Å². The smallest absolute Gasteiger partial charge is 0.220 e. The number of rotatable bonds is 7. The minimum absolute atomic E-state index is 0.160. The van der Waals surface area contributed by atoms with Crippen molar-refractivity contribution in [2.45, 2.75) is 51.9 Å². The van der Waals surface area contributed by atoms with Gasteiger partial charge in [-0.1, -0.05) is 37.0 Å². The molecule has 0 atom stereocenters. The zero-order chi connectivity index (χ0) is 14.9. The van der Waals surface area contributed by atoms with Crippen LogP contribution in [0.5, 0.6) is 5.75 Å². The molecule has 1 aromatic carbocycles. The molecule has 0 heterocycles. The molecule has 1 amide bonds. The summed E-state index contributed by atoms with van der Waals surface area (Å²) >= 11 is 0. The second-order valence-electron chi connectivity index (χ2n) is 6.07. The van der Waals surface area contributed by atoms with Crippen LogP contribution < -0.4 is 10.1 Å². The van der Waals surface area contributed by atoms with E-state index in [9.17, 15) is 4.79 Å². The molecule has 1 fully saturated rings. The minimum Gasteiger partial charge on any atom is -0.494 e. The molecule has 21 heavy (non-hydrogen) atoms. The molecule has 3 nitrogen and oxygen atoms in total. The molecule has 1 saturated carbocycles.